The van der Waals surface area contributed by atoms with Crippen molar-refractivity contribution < 1.29 is 15.0 Å². The van der Waals surface area contributed by atoms with E-state index in [0.717, 1.165) is 11.1 Å². The molecule has 1 amide bonds. The van der Waals surface area contributed by atoms with Gasteiger partial charge in [-0.1, -0.05) is 32.0 Å². The zero-order valence-corrected chi connectivity index (χ0v) is 12.8. The van der Waals surface area contributed by atoms with Crippen LogP contribution in [0.5, 0.6) is 11.5 Å². The fourth-order valence-electron chi connectivity index (χ4n) is 2.29. The molecule has 0 aliphatic rings. The highest BCUT2D eigenvalue weighted by molar-refractivity contribution is 5.91. The van der Waals surface area contributed by atoms with Crippen LogP contribution in [-0.2, 0) is 11.2 Å². The number of aromatic hydroxyl groups is 2. The summed E-state index contributed by atoms with van der Waals surface area (Å²) in [5.41, 5.74) is 2.50. The van der Waals surface area contributed by atoms with E-state index in [1.807, 2.05) is 26.0 Å². The zero-order chi connectivity index (χ0) is 16.1. The number of anilines is 1. The maximum atomic E-state index is 11.9. The molecule has 2 rings (SSSR count). The highest BCUT2D eigenvalue weighted by atomic mass is 16.3. The number of aryl methyl sites for hydroxylation is 1. The Kier molecular flexibility index (Phi) is 5.04. The summed E-state index contributed by atoms with van der Waals surface area (Å²) < 4.78 is 0. The molecule has 2 aromatic rings. The van der Waals surface area contributed by atoms with E-state index in [0.29, 0.717) is 24.3 Å². The Bertz CT molecular complexity index is 665. The first-order chi connectivity index (χ1) is 10.5. The van der Waals surface area contributed by atoms with E-state index in [2.05, 4.69) is 5.32 Å². The average molecular weight is 299 g/mol. The Labute approximate surface area is 130 Å². The van der Waals surface area contributed by atoms with Crippen molar-refractivity contribution in [2.45, 2.75) is 32.6 Å². The summed E-state index contributed by atoms with van der Waals surface area (Å²) in [6.45, 7) is 4.04. The molecule has 116 valence electrons. The lowest BCUT2D eigenvalue weighted by atomic mass is 9.98. The molecule has 0 unspecified atom stereocenters. The molecule has 0 aromatic heterocycles. The first-order valence-corrected chi connectivity index (χ1v) is 7.36. The molecule has 2 aromatic carbocycles. The van der Waals surface area contributed by atoms with Crippen LogP contribution in [0.2, 0.25) is 0 Å². The van der Waals surface area contributed by atoms with Gasteiger partial charge in [-0.2, -0.15) is 0 Å². The molecule has 22 heavy (non-hydrogen) atoms. The molecule has 0 spiro atoms. The molecule has 0 saturated heterocycles. The Morgan fingerprint density at radius 2 is 1.91 bits per heavy atom. The quantitative estimate of drug-likeness (QED) is 0.786. The maximum absolute atomic E-state index is 11.9. The average Bonchev–Trinajstić information content (AvgIpc) is 2.46. The molecule has 0 aliphatic heterocycles. The Morgan fingerprint density at radius 1 is 1.14 bits per heavy atom. The SMILES string of the molecule is CC(C)c1cc(CCC(=O)Nc2cccc(O)c2)ccc1O. The van der Waals surface area contributed by atoms with Crippen LogP contribution in [0, 0.1) is 0 Å². The standard InChI is InChI=1S/C18H21NO3/c1-12(2)16-10-13(6-8-17(16)21)7-9-18(22)19-14-4-3-5-15(20)11-14/h3-6,8,10-12,20-21H,7,9H2,1-2H3,(H,19,22). The lowest BCUT2D eigenvalue weighted by molar-refractivity contribution is -0.116. The van der Waals surface area contributed by atoms with Gasteiger partial charge in [-0.25, -0.2) is 0 Å². The monoisotopic (exact) mass is 299 g/mol. The third-order valence-electron chi connectivity index (χ3n) is 3.48. The normalized spacial score (nSPS) is 10.7. The number of rotatable bonds is 5. The number of carbonyl (C=O) groups is 1. The van der Waals surface area contributed by atoms with E-state index in [4.69, 9.17) is 0 Å². The van der Waals surface area contributed by atoms with Crippen molar-refractivity contribution in [3.63, 3.8) is 0 Å². The van der Waals surface area contributed by atoms with Gasteiger partial charge in [0, 0.05) is 18.2 Å². The highest BCUT2D eigenvalue weighted by Gasteiger charge is 2.08. The van der Waals surface area contributed by atoms with Crippen LogP contribution in [0.1, 0.15) is 37.3 Å². The van der Waals surface area contributed by atoms with Crippen LogP contribution in [0.4, 0.5) is 5.69 Å². The summed E-state index contributed by atoms with van der Waals surface area (Å²) in [6.07, 6.45) is 0.947. The van der Waals surface area contributed by atoms with Crippen LogP contribution < -0.4 is 5.32 Å². The van der Waals surface area contributed by atoms with Crippen molar-refractivity contribution in [3.8, 4) is 11.5 Å². The van der Waals surface area contributed by atoms with Crippen LogP contribution in [-0.4, -0.2) is 16.1 Å². The second-order valence-electron chi connectivity index (χ2n) is 5.65. The predicted octanol–water partition coefficient (Wildman–Crippen LogP) is 3.79. The number of phenolic OH excluding ortho intramolecular Hbond substituents is 2. The van der Waals surface area contributed by atoms with E-state index >= 15 is 0 Å². The minimum absolute atomic E-state index is 0.107. The molecule has 3 N–H and O–H groups in total. The molecule has 0 radical (unpaired) electrons. The van der Waals surface area contributed by atoms with E-state index in [1.54, 1.807) is 24.3 Å². The number of nitrogens with one attached hydrogen (secondary N) is 1. The van der Waals surface area contributed by atoms with Crippen LogP contribution in [0.3, 0.4) is 0 Å². The molecule has 0 fully saturated rings. The van der Waals surface area contributed by atoms with Crippen molar-refractivity contribution in [1.29, 1.82) is 0 Å². The Balaban J connectivity index is 1.95. The summed E-state index contributed by atoms with van der Waals surface area (Å²) in [4.78, 5) is 11.9. The third-order valence-corrected chi connectivity index (χ3v) is 3.48. The van der Waals surface area contributed by atoms with Gasteiger partial charge in [-0.15, -0.1) is 0 Å². The van der Waals surface area contributed by atoms with Gasteiger partial charge < -0.3 is 15.5 Å². The minimum atomic E-state index is -0.107. The van der Waals surface area contributed by atoms with Gasteiger partial charge in [-0.05, 0) is 41.7 Å². The first kappa shape index (κ1) is 15.9. The first-order valence-electron chi connectivity index (χ1n) is 7.36. The molecular weight excluding hydrogens is 278 g/mol. The fourth-order valence-corrected chi connectivity index (χ4v) is 2.29. The van der Waals surface area contributed by atoms with Gasteiger partial charge in [0.05, 0.1) is 0 Å². The van der Waals surface area contributed by atoms with Crippen molar-refractivity contribution in [2.24, 2.45) is 0 Å². The number of benzene rings is 2. The van der Waals surface area contributed by atoms with Crippen molar-refractivity contribution in [1.82, 2.24) is 0 Å². The second kappa shape index (κ2) is 6.98. The number of hydrogen-bond acceptors (Lipinski definition) is 3. The number of hydrogen-bond donors (Lipinski definition) is 3. The van der Waals surface area contributed by atoms with E-state index < -0.39 is 0 Å². The second-order valence-corrected chi connectivity index (χ2v) is 5.65. The summed E-state index contributed by atoms with van der Waals surface area (Å²) in [5, 5.41) is 21.9. The fraction of sp³-hybridized carbons (Fsp3) is 0.278. The summed E-state index contributed by atoms with van der Waals surface area (Å²) in [7, 11) is 0. The van der Waals surface area contributed by atoms with Gasteiger partial charge in [0.2, 0.25) is 5.91 Å². The third kappa shape index (κ3) is 4.25. The summed E-state index contributed by atoms with van der Waals surface area (Å²) in [6, 6.07) is 11.9. The van der Waals surface area contributed by atoms with Gasteiger partial charge in [0.15, 0.2) is 0 Å². The lowest BCUT2D eigenvalue weighted by Gasteiger charge is -2.11. The number of amides is 1. The van der Waals surface area contributed by atoms with Crippen molar-refractivity contribution in [2.75, 3.05) is 5.32 Å². The lowest BCUT2D eigenvalue weighted by Crippen LogP contribution is -2.12. The molecule has 0 bridgehead atoms. The minimum Gasteiger partial charge on any atom is -0.508 e. The Hall–Kier alpha value is -2.49. The molecule has 0 heterocycles. The molecule has 0 aliphatic carbocycles. The van der Waals surface area contributed by atoms with Crippen molar-refractivity contribution >= 4 is 11.6 Å². The molecule has 4 heteroatoms. The van der Waals surface area contributed by atoms with Crippen LogP contribution in [0.25, 0.3) is 0 Å². The molecule has 4 nitrogen and oxygen atoms in total. The number of phenols is 2. The van der Waals surface area contributed by atoms with Crippen LogP contribution in [0.15, 0.2) is 42.5 Å². The number of carbonyl (C=O) groups excluding carboxylic acids is 1. The summed E-state index contributed by atoms with van der Waals surface area (Å²) in [5.74, 6) is 0.548. The Morgan fingerprint density at radius 3 is 2.59 bits per heavy atom. The van der Waals surface area contributed by atoms with E-state index in [-0.39, 0.29) is 17.6 Å². The largest absolute Gasteiger partial charge is 0.508 e. The van der Waals surface area contributed by atoms with Gasteiger partial charge in [0.1, 0.15) is 11.5 Å². The van der Waals surface area contributed by atoms with Gasteiger partial charge >= 0.3 is 0 Å². The molecule has 0 atom stereocenters. The van der Waals surface area contributed by atoms with Gasteiger partial charge in [0.25, 0.3) is 0 Å². The predicted molar refractivity (Wildman–Crippen MR) is 87.3 cm³/mol. The van der Waals surface area contributed by atoms with Gasteiger partial charge in [-0.3, -0.25) is 4.79 Å². The topological polar surface area (TPSA) is 69.6 Å². The van der Waals surface area contributed by atoms with Crippen LogP contribution >= 0.6 is 0 Å². The summed E-state index contributed by atoms with van der Waals surface area (Å²) >= 11 is 0. The van der Waals surface area contributed by atoms with E-state index in [1.165, 1.54) is 6.07 Å². The van der Waals surface area contributed by atoms with Crippen molar-refractivity contribution in [3.05, 3.63) is 53.6 Å². The highest BCUT2D eigenvalue weighted by Crippen LogP contribution is 2.26. The zero-order valence-electron chi connectivity index (χ0n) is 12.8. The van der Waals surface area contributed by atoms with E-state index in [9.17, 15) is 15.0 Å². The molecule has 0 saturated carbocycles. The smallest absolute Gasteiger partial charge is 0.224 e. The maximum Gasteiger partial charge on any atom is 0.224 e. The molecular formula is C18H21NO3.